The Morgan fingerprint density at radius 3 is 2.60 bits per heavy atom. The van der Waals surface area contributed by atoms with Crippen LogP contribution in [-0.2, 0) is 0 Å². The summed E-state index contributed by atoms with van der Waals surface area (Å²) in [6, 6.07) is 2.32. The molecule has 84 valence electrons. The Kier molecular flexibility index (Phi) is 4.07. The van der Waals surface area contributed by atoms with Gasteiger partial charge < -0.3 is 15.6 Å². The maximum Gasteiger partial charge on any atom is 0.141 e. The Morgan fingerprint density at radius 2 is 2.13 bits per heavy atom. The van der Waals surface area contributed by atoms with Crippen LogP contribution in [0, 0.1) is 5.82 Å². The Morgan fingerprint density at radius 1 is 1.53 bits per heavy atom. The number of aliphatic hydroxyl groups is 1. The summed E-state index contributed by atoms with van der Waals surface area (Å²) < 4.78 is 18.5. The second kappa shape index (κ2) is 4.92. The fourth-order valence-corrected chi connectivity index (χ4v) is 1.66. The predicted molar refractivity (Wildman–Crippen MR) is 59.3 cm³/mol. The van der Waals surface area contributed by atoms with Gasteiger partial charge in [0.1, 0.15) is 11.6 Å². The molecule has 0 fully saturated rings. The summed E-state index contributed by atoms with van der Waals surface area (Å²) in [4.78, 5) is 0. The van der Waals surface area contributed by atoms with Crippen LogP contribution >= 0.6 is 15.9 Å². The van der Waals surface area contributed by atoms with Crippen molar-refractivity contribution in [3.05, 3.63) is 28.0 Å². The highest BCUT2D eigenvalue weighted by Gasteiger charge is 2.19. The number of ether oxygens (including phenoxy) is 1. The van der Waals surface area contributed by atoms with E-state index in [4.69, 9.17) is 10.5 Å². The van der Waals surface area contributed by atoms with E-state index in [1.807, 2.05) is 0 Å². The lowest BCUT2D eigenvalue weighted by Gasteiger charge is -2.17. The molecule has 0 amide bonds. The van der Waals surface area contributed by atoms with Crippen molar-refractivity contribution in [1.29, 1.82) is 0 Å². The van der Waals surface area contributed by atoms with Crippen molar-refractivity contribution in [1.82, 2.24) is 0 Å². The van der Waals surface area contributed by atoms with Crippen LogP contribution in [0.1, 0.15) is 18.6 Å². The van der Waals surface area contributed by atoms with Gasteiger partial charge in [0.25, 0.3) is 0 Å². The van der Waals surface area contributed by atoms with Crippen LogP contribution < -0.4 is 10.5 Å². The molecule has 1 rings (SSSR count). The van der Waals surface area contributed by atoms with E-state index in [1.165, 1.54) is 13.2 Å². The Bertz CT molecular complexity index is 358. The van der Waals surface area contributed by atoms with Gasteiger partial charge in [0, 0.05) is 17.7 Å². The van der Waals surface area contributed by atoms with Crippen LogP contribution in [-0.4, -0.2) is 18.3 Å². The quantitative estimate of drug-likeness (QED) is 0.888. The number of benzene rings is 1. The molecular weight excluding hydrogens is 265 g/mol. The third-order valence-electron chi connectivity index (χ3n) is 2.08. The third-order valence-corrected chi connectivity index (χ3v) is 2.92. The van der Waals surface area contributed by atoms with Gasteiger partial charge in [0.05, 0.1) is 17.7 Å². The molecule has 2 atom stereocenters. The molecule has 0 aliphatic heterocycles. The van der Waals surface area contributed by atoms with Gasteiger partial charge in [-0.1, -0.05) is 0 Å². The third kappa shape index (κ3) is 2.68. The highest BCUT2D eigenvalue weighted by Crippen LogP contribution is 2.31. The van der Waals surface area contributed by atoms with E-state index in [9.17, 15) is 9.50 Å². The van der Waals surface area contributed by atoms with E-state index in [0.29, 0.717) is 11.3 Å². The number of aliphatic hydroxyl groups excluding tert-OH is 1. The van der Waals surface area contributed by atoms with E-state index in [-0.39, 0.29) is 4.47 Å². The van der Waals surface area contributed by atoms with Crippen LogP contribution in [0.15, 0.2) is 16.6 Å². The fraction of sp³-hybridized carbons (Fsp3) is 0.400. The van der Waals surface area contributed by atoms with Gasteiger partial charge in [-0.05, 0) is 28.9 Å². The second-order valence-corrected chi connectivity index (χ2v) is 4.11. The normalized spacial score (nSPS) is 14.8. The smallest absolute Gasteiger partial charge is 0.141 e. The molecule has 5 heteroatoms. The lowest BCUT2D eigenvalue weighted by atomic mass is 10.0. The second-order valence-electron chi connectivity index (χ2n) is 3.32. The van der Waals surface area contributed by atoms with Crippen molar-refractivity contribution < 1.29 is 14.2 Å². The Balaban J connectivity index is 3.21. The van der Waals surface area contributed by atoms with Crippen molar-refractivity contribution >= 4 is 15.9 Å². The highest BCUT2D eigenvalue weighted by molar-refractivity contribution is 9.10. The van der Waals surface area contributed by atoms with Gasteiger partial charge in [-0.3, -0.25) is 0 Å². The molecule has 3 nitrogen and oxygen atoms in total. The van der Waals surface area contributed by atoms with Gasteiger partial charge in [-0.25, -0.2) is 4.39 Å². The molecule has 1 aromatic carbocycles. The van der Waals surface area contributed by atoms with Gasteiger partial charge in [-0.15, -0.1) is 0 Å². The molecule has 0 aromatic heterocycles. The van der Waals surface area contributed by atoms with Gasteiger partial charge in [0.2, 0.25) is 0 Å². The first-order chi connectivity index (χ1) is 6.97. The van der Waals surface area contributed by atoms with Crippen molar-refractivity contribution in [3.8, 4) is 5.75 Å². The molecule has 0 spiro atoms. The maximum absolute atomic E-state index is 13.4. The largest absolute Gasteiger partial charge is 0.497 e. The first-order valence-corrected chi connectivity index (χ1v) is 5.23. The monoisotopic (exact) mass is 277 g/mol. The zero-order valence-corrected chi connectivity index (χ0v) is 10.1. The molecular formula is C10H13BrFNO2. The number of halogens is 2. The summed E-state index contributed by atoms with van der Waals surface area (Å²) >= 11 is 3.07. The van der Waals surface area contributed by atoms with Crippen LogP contribution in [0.2, 0.25) is 0 Å². The molecule has 0 saturated carbocycles. The summed E-state index contributed by atoms with van der Waals surface area (Å²) in [5.41, 5.74) is 5.93. The maximum atomic E-state index is 13.4. The van der Waals surface area contributed by atoms with Crippen LogP contribution in [0.3, 0.4) is 0 Å². The molecule has 2 unspecified atom stereocenters. The number of hydrogen-bond donors (Lipinski definition) is 2. The van der Waals surface area contributed by atoms with Gasteiger partial charge in [0.15, 0.2) is 0 Å². The minimum atomic E-state index is -0.927. The molecule has 0 aliphatic rings. The summed E-state index contributed by atoms with van der Waals surface area (Å²) in [6.07, 6.45) is -0.927. The molecule has 0 aliphatic carbocycles. The SMILES string of the molecule is COc1cc(F)c(Br)c(C(O)C(C)N)c1. The molecule has 0 saturated heterocycles. The van der Waals surface area contributed by atoms with Gasteiger partial charge in [-0.2, -0.15) is 0 Å². The number of rotatable bonds is 3. The van der Waals surface area contributed by atoms with Gasteiger partial charge >= 0.3 is 0 Å². The Labute approximate surface area is 96.2 Å². The van der Waals surface area contributed by atoms with E-state index >= 15 is 0 Å². The average Bonchev–Trinajstić information content (AvgIpc) is 2.20. The summed E-state index contributed by atoms with van der Waals surface area (Å²) in [7, 11) is 1.44. The number of hydrogen-bond acceptors (Lipinski definition) is 3. The highest BCUT2D eigenvalue weighted by atomic mass is 79.9. The van der Waals surface area contributed by atoms with E-state index < -0.39 is 18.0 Å². The molecule has 0 radical (unpaired) electrons. The summed E-state index contributed by atoms with van der Waals surface area (Å²) in [6.45, 7) is 1.65. The topological polar surface area (TPSA) is 55.5 Å². The van der Waals surface area contributed by atoms with E-state index in [0.717, 1.165) is 0 Å². The Hall–Kier alpha value is -0.650. The average molecular weight is 278 g/mol. The molecule has 3 N–H and O–H groups in total. The molecule has 15 heavy (non-hydrogen) atoms. The predicted octanol–water partition coefficient (Wildman–Crippen LogP) is 1.98. The van der Waals surface area contributed by atoms with Crippen molar-refractivity contribution in [2.75, 3.05) is 7.11 Å². The molecule has 0 heterocycles. The lowest BCUT2D eigenvalue weighted by molar-refractivity contribution is 0.151. The lowest BCUT2D eigenvalue weighted by Crippen LogP contribution is -2.24. The van der Waals surface area contributed by atoms with Crippen molar-refractivity contribution in [3.63, 3.8) is 0 Å². The zero-order valence-electron chi connectivity index (χ0n) is 8.50. The standard InChI is InChI=1S/C10H13BrFNO2/c1-5(13)10(14)7-3-6(15-2)4-8(12)9(7)11/h3-5,10,14H,13H2,1-2H3. The van der Waals surface area contributed by atoms with Crippen LogP contribution in [0.4, 0.5) is 4.39 Å². The minimum Gasteiger partial charge on any atom is -0.497 e. The first-order valence-electron chi connectivity index (χ1n) is 4.44. The zero-order chi connectivity index (χ0) is 11.6. The summed E-state index contributed by atoms with van der Waals surface area (Å²) in [5.74, 6) is -0.130. The van der Waals surface area contributed by atoms with Crippen molar-refractivity contribution in [2.24, 2.45) is 5.73 Å². The van der Waals surface area contributed by atoms with Crippen LogP contribution in [0.25, 0.3) is 0 Å². The number of nitrogens with two attached hydrogens (primary N) is 1. The van der Waals surface area contributed by atoms with Crippen molar-refractivity contribution in [2.45, 2.75) is 19.1 Å². The van der Waals surface area contributed by atoms with Crippen LogP contribution in [0.5, 0.6) is 5.75 Å². The van der Waals surface area contributed by atoms with E-state index in [1.54, 1.807) is 13.0 Å². The number of methoxy groups -OCH3 is 1. The first kappa shape index (κ1) is 12.4. The van der Waals surface area contributed by atoms with E-state index in [2.05, 4.69) is 15.9 Å². The molecule has 1 aromatic rings. The molecule has 0 bridgehead atoms. The minimum absolute atomic E-state index is 0.216. The fourth-order valence-electron chi connectivity index (χ4n) is 1.20. The summed E-state index contributed by atoms with van der Waals surface area (Å²) in [5, 5.41) is 9.75.